The maximum Gasteiger partial charge on any atom is 0.332 e. The van der Waals surface area contributed by atoms with E-state index in [1.807, 2.05) is 0 Å². The molecule has 2 unspecified atom stereocenters. The molecule has 322 valence electrons. The van der Waals surface area contributed by atoms with Crippen LogP contribution in [-0.4, -0.2) is 152 Å². The lowest BCUT2D eigenvalue weighted by Crippen LogP contribution is -2.65. The number of aliphatic hydroxyl groups is 7. The molecule has 17 heteroatoms. The van der Waals surface area contributed by atoms with Gasteiger partial charge < -0.3 is 69.3 Å². The van der Waals surface area contributed by atoms with Crippen molar-refractivity contribution in [2.45, 2.75) is 203 Å². The molecule has 0 bridgehead atoms. The van der Waals surface area contributed by atoms with Crippen LogP contribution in [0.5, 0.6) is 0 Å². The predicted octanol–water partition coefficient (Wildman–Crippen LogP) is 1.60. The van der Waals surface area contributed by atoms with Gasteiger partial charge in [-0.15, -0.1) is 0 Å². The quantitative estimate of drug-likeness (QED) is 0.0395. The van der Waals surface area contributed by atoms with Crippen molar-refractivity contribution < 1.29 is 83.7 Å². The molecule has 0 radical (unpaired) electrons. The molecule has 0 aliphatic carbocycles. The Morgan fingerprint density at radius 3 is 1.80 bits per heavy atom. The summed E-state index contributed by atoms with van der Waals surface area (Å²) in [6.45, 7) is 1.80. The molecule has 0 aromatic rings. The second kappa shape index (κ2) is 27.6. The molecule has 17 nitrogen and oxygen atoms in total. The number of unbranched alkanes of at least 4 members (excludes halogenated alkanes) is 13. The van der Waals surface area contributed by atoms with Crippen LogP contribution in [0.4, 0.5) is 0 Å². The Kier molecular flexibility index (Phi) is 24.6. The summed E-state index contributed by atoms with van der Waals surface area (Å²) in [7, 11) is 0. The minimum Gasteiger partial charge on any atom is -0.479 e. The number of hydrogen-bond acceptors (Lipinski definition) is 16. The Hall–Kier alpha value is -2.03. The number of hydrogen-bond donors (Lipinski definition) is 8. The first-order valence-electron chi connectivity index (χ1n) is 20.1. The van der Waals surface area contributed by atoms with E-state index in [4.69, 9.17) is 33.5 Å². The Bertz CT molecular complexity index is 1060. The van der Waals surface area contributed by atoms with Gasteiger partial charge in [0.1, 0.15) is 49.3 Å². The summed E-state index contributed by atoms with van der Waals surface area (Å²) in [5.74, 6) is -2.55. The molecule has 0 amide bonds. The molecule has 2 aliphatic heterocycles. The third kappa shape index (κ3) is 18.4. The number of carboxylic acid groups (broad SMARTS) is 1. The Morgan fingerprint density at radius 2 is 1.22 bits per heavy atom. The summed E-state index contributed by atoms with van der Waals surface area (Å²) in [6, 6.07) is 0. The normalized spacial score (nSPS) is 29.4. The third-order valence-electron chi connectivity index (χ3n) is 9.96. The predicted molar refractivity (Wildman–Crippen MR) is 194 cm³/mol. The minimum atomic E-state index is -1.75. The van der Waals surface area contributed by atoms with Gasteiger partial charge in [0.2, 0.25) is 0 Å². The summed E-state index contributed by atoms with van der Waals surface area (Å²) in [4.78, 5) is 35.0. The van der Waals surface area contributed by atoms with Gasteiger partial charge in [-0.2, -0.15) is 0 Å². The second-order valence-electron chi connectivity index (χ2n) is 14.7. The van der Waals surface area contributed by atoms with Gasteiger partial charge in [-0.1, -0.05) is 96.8 Å². The van der Waals surface area contributed by atoms with Crippen LogP contribution in [0.1, 0.15) is 129 Å². The molecule has 0 spiro atoms. The Morgan fingerprint density at radius 1 is 0.673 bits per heavy atom. The van der Waals surface area contributed by atoms with Crippen LogP contribution in [0.25, 0.3) is 0 Å². The largest absolute Gasteiger partial charge is 0.479 e. The summed E-state index contributed by atoms with van der Waals surface area (Å²) < 4.78 is 33.7. The molecule has 2 aliphatic rings. The number of carboxylic acids is 1. The van der Waals surface area contributed by atoms with Crippen LogP contribution < -0.4 is 0 Å². The SMILES string of the molecule is CCCCCCCC(=O)O[C@H]1[C@H](O[C@H]2[C@H](O)[C@@H](O)[C@H](OCC(O)CCCCCCCCCCCCC(O)C(=O)O)O[C@@H]2COC(C)=O)O[C@H](CO)[C@@H](O)[C@@H]1O. The van der Waals surface area contributed by atoms with E-state index in [1.54, 1.807) is 0 Å². The summed E-state index contributed by atoms with van der Waals surface area (Å²) in [6.07, 6.45) is -3.36. The first-order valence-corrected chi connectivity index (χ1v) is 20.1. The fourth-order valence-electron chi connectivity index (χ4n) is 6.62. The molecule has 8 N–H and O–H groups in total. The van der Waals surface area contributed by atoms with E-state index in [0.717, 1.165) is 90.4 Å². The zero-order valence-corrected chi connectivity index (χ0v) is 32.5. The van der Waals surface area contributed by atoms with Crippen LogP contribution in [0.15, 0.2) is 0 Å². The molecule has 0 aromatic heterocycles. The van der Waals surface area contributed by atoms with Crippen LogP contribution in [0.2, 0.25) is 0 Å². The number of aliphatic carboxylic acids is 1. The average Bonchev–Trinajstić information content (AvgIpc) is 3.15. The summed E-state index contributed by atoms with van der Waals surface area (Å²) in [5, 5.41) is 81.8. The van der Waals surface area contributed by atoms with Crippen molar-refractivity contribution in [3.05, 3.63) is 0 Å². The van der Waals surface area contributed by atoms with E-state index in [0.29, 0.717) is 19.3 Å². The van der Waals surface area contributed by atoms with E-state index in [-0.39, 0.29) is 19.4 Å². The fourth-order valence-corrected chi connectivity index (χ4v) is 6.62. The lowest BCUT2D eigenvalue weighted by molar-refractivity contribution is -0.360. The highest BCUT2D eigenvalue weighted by Gasteiger charge is 2.52. The molecule has 55 heavy (non-hydrogen) atoms. The maximum atomic E-state index is 12.7. The van der Waals surface area contributed by atoms with Crippen LogP contribution in [0.3, 0.4) is 0 Å². The van der Waals surface area contributed by atoms with Crippen molar-refractivity contribution in [3.63, 3.8) is 0 Å². The fraction of sp³-hybridized carbons (Fsp3) is 0.921. The number of carbonyl (C=O) groups is 3. The van der Waals surface area contributed by atoms with Gasteiger partial charge in [0.25, 0.3) is 0 Å². The van der Waals surface area contributed by atoms with Crippen molar-refractivity contribution in [1.29, 1.82) is 0 Å². The molecule has 2 rings (SSSR count). The molecular formula is C38H68O17. The van der Waals surface area contributed by atoms with Gasteiger partial charge >= 0.3 is 17.9 Å². The molecular weight excluding hydrogens is 728 g/mol. The average molecular weight is 797 g/mol. The minimum absolute atomic E-state index is 0.0297. The molecule has 2 fully saturated rings. The number of rotatable bonds is 29. The van der Waals surface area contributed by atoms with Gasteiger partial charge in [-0.25, -0.2) is 4.79 Å². The molecule has 2 saturated heterocycles. The highest BCUT2D eigenvalue weighted by Crippen LogP contribution is 2.31. The van der Waals surface area contributed by atoms with E-state index >= 15 is 0 Å². The zero-order chi connectivity index (χ0) is 40.8. The van der Waals surface area contributed by atoms with Gasteiger partial charge in [0, 0.05) is 13.3 Å². The smallest absolute Gasteiger partial charge is 0.332 e. The van der Waals surface area contributed by atoms with E-state index in [1.165, 1.54) is 0 Å². The third-order valence-corrected chi connectivity index (χ3v) is 9.96. The Balaban J connectivity index is 1.87. The van der Waals surface area contributed by atoms with Crippen molar-refractivity contribution in [2.75, 3.05) is 19.8 Å². The lowest BCUT2D eigenvalue weighted by atomic mass is 9.96. The number of ether oxygens (including phenoxy) is 6. The summed E-state index contributed by atoms with van der Waals surface area (Å²) >= 11 is 0. The first-order chi connectivity index (χ1) is 26.3. The number of esters is 2. The Labute approximate surface area is 324 Å². The van der Waals surface area contributed by atoms with Crippen molar-refractivity contribution in [3.8, 4) is 0 Å². The van der Waals surface area contributed by atoms with Gasteiger partial charge in [-0.3, -0.25) is 9.59 Å². The zero-order valence-electron chi connectivity index (χ0n) is 32.5. The van der Waals surface area contributed by atoms with Crippen molar-refractivity contribution >= 4 is 17.9 Å². The van der Waals surface area contributed by atoms with Gasteiger partial charge in [-0.05, 0) is 19.3 Å². The number of aliphatic hydroxyl groups excluding tert-OH is 7. The highest BCUT2D eigenvalue weighted by molar-refractivity contribution is 5.71. The lowest BCUT2D eigenvalue weighted by Gasteiger charge is -2.46. The van der Waals surface area contributed by atoms with Crippen LogP contribution >= 0.6 is 0 Å². The molecule has 12 atom stereocenters. The van der Waals surface area contributed by atoms with Gasteiger partial charge in [0.15, 0.2) is 24.8 Å². The maximum absolute atomic E-state index is 12.7. The molecule has 2 heterocycles. The second-order valence-corrected chi connectivity index (χ2v) is 14.7. The van der Waals surface area contributed by atoms with E-state index < -0.39 is 105 Å². The van der Waals surface area contributed by atoms with E-state index in [9.17, 15) is 50.1 Å². The standard InChI is InChI=1S/C38H68O17/c1-3-4-5-12-17-20-29(43)54-35-31(45)30(44)27(21-39)52-38(35)55-34-28(23-50-24(2)40)53-37(33(47)32(34)46)51-22-25(41)18-15-13-10-8-6-7-9-11-14-16-19-26(42)36(48)49/h25-28,30-35,37-39,41-42,44-47H,3-23H2,1-2H3,(H,48,49)/t25?,26?,27-,28-,30-,31+,32-,33-,34-,35-,37-,38+/m1/s1. The van der Waals surface area contributed by atoms with Crippen molar-refractivity contribution in [2.24, 2.45) is 0 Å². The van der Waals surface area contributed by atoms with Gasteiger partial charge in [0.05, 0.1) is 19.3 Å². The molecule has 0 aromatic carbocycles. The summed E-state index contributed by atoms with van der Waals surface area (Å²) in [5.41, 5.74) is 0. The van der Waals surface area contributed by atoms with Crippen LogP contribution in [0, 0.1) is 0 Å². The molecule has 0 saturated carbocycles. The van der Waals surface area contributed by atoms with Crippen LogP contribution in [-0.2, 0) is 42.8 Å². The van der Waals surface area contributed by atoms with Crippen molar-refractivity contribution in [1.82, 2.24) is 0 Å². The topological polar surface area (TPSA) is 268 Å². The first kappa shape index (κ1) is 49.1. The highest BCUT2D eigenvalue weighted by atomic mass is 16.8. The van der Waals surface area contributed by atoms with E-state index in [2.05, 4.69) is 6.92 Å². The number of carbonyl (C=O) groups excluding carboxylic acids is 2. The monoisotopic (exact) mass is 796 g/mol.